The quantitative estimate of drug-likeness (QED) is 0.341. The highest BCUT2D eigenvalue weighted by molar-refractivity contribution is 8.26. The van der Waals surface area contributed by atoms with E-state index < -0.39 is 18.0 Å². The van der Waals surface area contributed by atoms with Gasteiger partial charge in [-0.1, -0.05) is 5.92 Å². The highest BCUT2D eigenvalue weighted by Gasteiger charge is 2.22. The number of amidine groups is 1. The molecule has 0 spiro atoms. The Morgan fingerprint density at radius 1 is 1.31 bits per heavy atom. The molecule has 0 aromatic carbocycles. The molecule has 1 aliphatic carbocycles. The average molecular weight is 517 g/mol. The first-order chi connectivity index (χ1) is 17.1. The van der Waals surface area contributed by atoms with E-state index in [1.807, 2.05) is 0 Å². The number of carbonyl (C=O) groups is 2. The zero-order valence-electron chi connectivity index (χ0n) is 19.8. The Kier molecular flexibility index (Phi) is 8.71. The third-order valence-electron chi connectivity index (χ3n) is 5.03. The molecule has 2 aromatic rings. The number of ether oxygens (including phenoxy) is 1. The number of aliphatic imine (C=N–C) groups is 1. The van der Waals surface area contributed by atoms with Crippen LogP contribution in [0.1, 0.15) is 42.4 Å². The number of amides is 2. The summed E-state index contributed by atoms with van der Waals surface area (Å²) in [6.45, 7) is 0. The standard InChI is InChI=1S/C24H24F2N6O3S.H2/c1-32(2)21(33)9-14-8-15(16-10-18(22(25)26)30-12-19(16)35-3)17(11-29-14)23(34)31-24(28)36-20(27)7-6-13-4-5-13;/h8,10-13,22,27H,4-5,9H2,1-3H3,(H2,28,31,34);1H. The van der Waals surface area contributed by atoms with Crippen molar-refractivity contribution in [1.82, 2.24) is 14.9 Å². The zero-order chi connectivity index (χ0) is 26.4. The molecule has 190 valence electrons. The first-order valence-electron chi connectivity index (χ1n) is 10.8. The number of aromatic nitrogens is 2. The van der Waals surface area contributed by atoms with Crippen LogP contribution in [0.15, 0.2) is 29.5 Å². The van der Waals surface area contributed by atoms with Crippen molar-refractivity contribution in [3.8, 4) is 28.7 Å². The van der Waals surface area contributed by atoms with Crippen molar-refractivity contribution in [3.05, 3.63) is 41.5 Å². The van der Waals surface area contributed by atoms with Crippen LogP contribution in [0.5, 0.6) is 5.75 Å². The number of hydrogen-bond acceptors (Lipinski definition) is 7. The van der Waals surface area contributed by atoms with E-state index in [4.69, 9.17) is 15.9 Å². The van der Waals surface area contributed by atoms with Crippen LogP contribution in [-0.2, 0) is 11.2 Å². The molecular weight excluding hydrogens is 490 g/mol. The lowest BCUT2D eigenvalue weighted by atomic mass is 9.98. The van der Waals surface area contributed by atoms with E-state index >= 15 is 0 Å². The lowest BCUT2D eigenvalue weighted by Gasteiger charge is -2.15. The monoisotopic (exact) mass is 516 g/mol. The van der Waals surface area contributed by atoms with Crippen LogP contribution in [-0.4, -0.2) is 58.1 Å². The summed E-state index contributed by atoms with van der Waals surface area (Å²) >= 11 is 0.735. The van der Waals surface area contributed by atoms with Crippen LogP contribution in [0.25, 0.3) is 11.1 Å². The molecule has 0 aliphatic heterocycles. The third kappa shape index (κ3) is 7.08. The van der Waals surface area contributed by atoms with Crippen LogP contribution in [0, 0.1) is 23.2 Å². The van der Waals surface area contributed by atoms with Crippen molar-refractivity contribution >= 4 is 33.8 Å². The molecule has 3 rings (SSSR count). The van der Waals surface area contributed by atoms with Crippen LogP contribution >= 0.6 is 11.8 Å². The largest absolute Gasteiger partial charge is 0.494 e. The Morgan fingerprint density at radius 3 is 2.64 bits per heavy atom. The van der Waals surface area contributed by atoms with E-state index in [1.54, 1.807) is 14.1 Å². The molecule has 1 aliphatic rings. The predicted octanol–water partition coefficient (Wildman–Crippen LogP) is 3.55. The van der Waals surface area contributed by atoms with Gasteiger partial charge in [0.05, 0.1) is 31.0 Å². The SMILES string of the molecule is COc1cnc(C(F)F)cc1-c1cc(CC(=O)N(C)C)ncc1C(=O)N=C(N)SC(=N)C#CC1CC1.[HH]. The third-order valence-corrected chi connectivity index (χ3v) is 5.64. The zero-order valence-corrected chi connectivity index (χ0v) is 20.7. The van der Waals surface area contributed by atoms with E-state index in [9.17, 15) is 18.4 Å². The van der Waals surface area contributed by atoms with Crippen molar-refractivity contribution in [1.29, 1.82) is 5.41 Å². The van der Waals surface area contributed by atoms with Crippen molar-refractivity contribution in [2.24, 2.45) is 16.6 Å². The molecule has 2 heterocycles. The minimum absolute atomic E-state index is 0. The summed E-state index contributed by atoms with van der Waals surface area (Å²) < 4.78 is 32.1. The van der Waals surface area contributed by atoms with E-state index in [-0.39, 0.29) is 46.4 Å². The van der Waals surface area contributed by atoms with Gasteiger partial charge in [-0.05, 0) is 42.7 Å². The van der Waals surface area contributed by atoms with Crippen molar-refractivity contribution in [2.45, 2.75) is 25.7 Å². The lowest BCUT2D eigenvalue weighted by molar-refractivity contribution is -0.128. The number of likely N-dealkylation sites (N-methyl/N-ethyl adjacent to an activating group) is 1. The van der Waals surface area contributed by atoms with Crippen LogP contribution < -0.4 is 10.5 Å². The molecule has 9 nitrogen and oxygen atoms in total. The number of rotatable bonds is 6. The second-order valence-corrected chi connectivity index (χ2v) is 9.06. The van der Waals surface area contributed by atoms with E-state index in [0.717, 1.165) is 36.9 Å². The summed E-state index contributed by atoms with van der Waals surface area (Å²) in [5, 5.41) is 7.63. The van der Waals surface area contributed by atoms with Crippen LogP contribution in [0.2, 0.25) is 0 Å². The van der Waals surface area contributed by atoms with Gasteiger partial charge in [0, 0.05) is 38.8 Å². The van der Waals surface area contributed by atoms with Gasteiger partial charge >= 0.3 is 0 Å². The first-order valence-corrected chi connectivity index (χ1v) is 11.6. The number of nitrogens with one attached hydrogen (secondary N) is 1. The Morgan fingerprint density at radius 2 is 2.03 bits per heavy atom. The van der Waals surface area contributed by atoms with Gasteiger partial charge in [0.25, 0.3) is 12.3 Å². The molecular formula is C24H26F2N6O3S. The Balaban J connectivity index is 0.00000481. The van der Waals surface area contributed by atoms with Gasteiger partial charge in [-0.3, -0.25) is 25.0 Å². The second kappa shape index (κ2) is 11.7. The molecule has 0 saturated heterocycles. The van der Waals surface area contributed by atoms with Gasteiger partial charge in [-0.2, -0.15) is 4.99 Å². The highest BCUT2D eigenvalue weighted by atomic mass is 32.2. The summed E-state index contributed by atoms with van der Waals surface area (Å²) in [4.78, 5) is 38.4. The van der Waals surface area contributed by atoms with E-state index in [0.29, 0.717) is 11.6 Å². The first kappa shape index (κ1) is 26.7. The Labute approximate surface area is 212 Å². The van der Waals surface area contributed by atoms with Gasteiger partial charge in [-0.15, -0.1) is 0 Å². The number of carbonyl (C=O) groups excluding carboxylic acids is 2. The number of methoxy groups -OCH3 is 1. The summed E-state index contributed by atoms with van der Waals surface area (Å²) in [5.41, 5.74) is 5.90. The van der Waals surface area contributed by atoms with E-state index in [2.05, 4.69) is 26.8 Å². The number of pyridine rings is 2. The second-order valence-electron chi connectivity index (χ2n) is 8.03. The maximum absolute atomic E-state index is 13.4. The minimum Gasteiger partial charge on any atom is -0.494 e. The molecule has 2 amide bonds. The number of hydrogen-bond donors (Lipinski definition) is 2. The summed E-state index contributed by atoms with van der Waals surface area (Å²) in [6.07, 6.45) is 1.40. The smallest absolute Gasteiger partial charge is 0.281 e. The summed E-state index contributed by atoms with van der Waals surface area (Å²) in [6, 6.07) is 2.56. The molecule has 12 heteroatoms. The fourth-order valence-corrected chi connectivity index (χ4v) is 3.41. The number of nitrogens with two attached hydrogens (primary N) is 1. The fraction of sp³-hybridized carbons (Fsp3) is 0.333. The van der Waals surface area contributed by atoms with Crippen molar-refractivity contribution in [3.63, 3.8) is 0 Å². The summed E-state index contributed by atoms with van der Waals surface area (Å²) in [5.74, 6) is 4.97. The number of alkyl halides is 2. The molecule has 2 aromatic heterocycles. The fourth-order valence-electron chi connectivity index (χ4n) is 2.96. The topological polar surface area (TPSA) is 135 Å². The lowest BCUT2D eigenvalue weighted by Crippen LogP contribution is -2.24. The summed E-state index contributed by atoms with van der Waals surface area (Å²) in [7, 11) is 4.51. The molecule has 0 radical (unpaired) electrons. The van der Waals surface area contributed by atoms with Crippen LogP contribution in [0.4, 0.5) is 8.78 Å². The van der Waals surface area contributed by atoms with Crippen LogP contribution in [0.3, 0.4) is 0 Å². The number of halogens is 2. The number of thioether (sulfide) groups is 1. The van der Waals surface area contributed by atoms with Gasteiger partial charge in [0.1, 0.15) is 16.5 Å². The molecule has 0 atom stereocenters. The molecule has 1 fully saturated rings. The molecule has 3 N–H and O–H groups in total. The average Bonchev–Trinajstić information content (AvgIpc) is 3.66. The van der Waals surface area contributed by atoms with Gasteiger partial charge < -0.3 is 15.4 Å². The van der Waals surface area contributed by atoms with Gasteiger partial charge in [0.15, 0.2) is 5.17 Å². The van der Waals surface area contributed by atoms with E-state index in [1.165, 1.54) is 24.3 Å². The molecule has 0 bridgehead atoms. The molecule has 36 heavy (non-hydrogen) atoms. The maximum Gasteiger partial charge on any atom is 0.281 e. The normalized spacial score (nSPS) is 13.1. The highest BCUT2D eigenvalue weighted by Crippen LogP contribution is 2.35. The Hall–Kier alpha value is -3.85. The van der Waals surface area contributed by atoms with Gasteiger partial charge in [0.2, 0.25) is 5.91 Å². The van der Waals surface area contributed by atoms with Crippen molar-refractivity contribution in [2.75, 3.05) is 21.2 Å². The maximum atomic E-state index is 13.4. The molecule has 0 unspecified atom stereocenters. The minimum atomic E-state index is -2.86. The van der Waals surface area contributed by atoms with Crippen molar-refractivity contribution < 1.29 is 24.5 Å². The predicted molar refractivity (Wildman–Crippen MR) is 135 cm³/mol. The number of nitrogens with zero attached hydrogens (tertiary/aromatic N) is 4. The Bertz CT molecular complexity index is 1290. The van der Waals surface area contributed by atoms with Gasteiger partial charge in [-0.25, -0.2) is 8.78 Å². The molecule has 1 saturated carbocycles.